The van der Waals surface area contributed by atoms with Crippen LogP contribution in [0.25, 0.3) is 0 Å². The Morgan fingerprint density at radius 1 is 1.15 bits per heavy atom. The third kappa shape index (κ3) is 2.88. The van der Waals surface area contributed by atoms with E-state index in [2.05, 4.69) is 24.3 Å². The van der Waals surface area contributed by atoms with E-state index < -0.39 is 5.60 Å². The normalized spacial score (nSPS) is 48.1. The van der Waals surface area contributed by atoms with Gasteiger partial charge in [-0.05, 0) is 69.7 Å². The van der Waals surface area contributed by atoms with E-state index >= 15 is 0 Å². The van der Waals surface area contributed by atoms with Gasteiger partial charge in [0.1, 0.15) is 12.4 Å². The molecule has 0 unspecified atom stereocenters. The standard InChI is InChI=1S/C22H36N2O3/c1-20-9-8-18-16(17(20)4-5-19(20)25)7-11-22(26)14-15(6-10-21(18,22)2)24-27-13-12-23-3/h16-18,23,26H,4-14H2,1-3H3/t16-,17-,18-,20-,21+,22+/m0/s1. The number of ketones is 1. The lowest BCUT2D eigenvalue weighted by Crippen LogP contribution is -2.62. The Morgan fingerprint density at radius 3 is 2.74 bits per heavy atom. The summed E-state index contributed by atoms with van der Waals surface area (Å²) >= 11 is 0. The number of carbonyl (C=O) groups excluding carboxylic acids is 1. The second kappa shape index (κ2) is 6.84. The molecule has 0 aromatic carbocycles. The highest BCUT2D eigenvalue weighted by Crippen LogP contribution is 2.66. The maximum absolute atomic E-state index is 12.5. The van der Waals surface area contributed by atoms with Crippen LogP contribution < -0.4 is 5.32 Å². The predicted molar refractivity (Wildman–Crippen MR) is 106 cm³/mol. The molecule has 6 atom stereocenters. The maximum Gasteiger partial charge on any atom is 0.139 e. The van der Waals surface area contributed by atoms with Crippen molar-refractivity contribution < 1.29 is 14.7 Å². The molecule has 0 radical (unpaired) electrons. The molecule has 0 aromatic heterocycles. The summed E-state index contributed by atoms with van der Waals surface area (Å²) in [6, 6.07) is 0. The molecule has 4 aliphatic carbocycles. The van der Waals surface area contributed by atoms with Gasteiger partial charge in [0.2, 0.25) is 0 Å². The van der Waals surface area contributed by atoms with Crippen molar-refractivity contribution >= 4 is 11.5 Å². The molecule has 4 fully saturated rings. The van der Waals surface area contributed by atoms with Gasteiger partial charge in [0, 0.05) is 30.2 Å². The monoisotopic (exact) mass is 376 g/mol. The smallest absolute Gasteiger partial charge is 0.139 e. The molecule has 2 N–H and O–H groups in total. The fourth-order valence-corrected chi connectivity index (χ4v) is 7.19. The predicted octanol–water partition coefficient (Wildman–Crippen LogP) is 3.31. The molecule has 5 heteroatoms. The van der Waals surface area contributed by atoms with Gasteiger partial charge in [0.25, 0.3) is 0 Å². The summed E-state index contributed by atoms with van der Waals surface area (Å²) in [7, 11) is 1.90. The molecule has 0 aromatic rings. The largest absolute Gasteiger partial charge is 0.394 e. The summed E-state index contributed by atoms with van der Waals surface area (Å²) in [5, 5.41) is 19.1. The molecular weight excluding hydrogens is 340 g/mol. The molecule has 0 amide bonds. The number of nitrogens with one attached hydrogen (secondary N) is 1. The number of carbonyl (C=O) groups is 1. The highest BCUT2D eigenvalue weighted by atomic mass is 16.6. The first-order valence-electron chi connectivity index (χ1n) is 10.9. The zero-order chi connectivity index (χ0) is 19.3. The average Bonchev–Trinajstić information content (AvgIpc) is 2.95. The fourth-order valence-electron chi connectivity index (χ4n) is 7.19. The van der Waals surface area contributed by atoms with Crippen molar-refractivity contribution in [1.29, 1.82) is 0 Å². The lowest BCUT2D eigenvalue weighted by atomic mass is 9.43. The summed E-state index contributed by atoms with van der Waals surface area (Å²) < 4.78 is 0. The number of fused-ring (bicyclic) bond motifs is 5. The van der Waals surface area contributed by atoms with E-state index in [4.69, 9.17) is 4.84 Å². The minimum Gasteiger partial charge on any atom is -0.394 e. The van der Waals surface area contributed by atoms with E-state index in [1.807, 2.05) is 7.05 Å². The van der Waals surface area contributed by atoms with Gasteiger partial charge < -0.3 is 15.3 Å². The van der Waals surface area contributed by atoms with Crippen molar-refractivity contribution in [2.24, 2.45) is 33.7 Å². The van der Waals surface area contributed by atoms with Gasteiger partial charge in [-0.3, -0.25) is 4.79 Å². The Balaban J connectivity index is 1.52. The summed E-state index contributed by atoms with van der Waals surface area (Å²) in [5.41, 5.74) is 0.192. The van der Waals surface area contributed by atoms with E-state index in [9.17, 15) is 9.90 Å². The van der Waals surface area contributed by atoms with Crippen LogP contribution in [0, 0.1) is 28.6 Å². The first-order chi connectivity index (χ1) is 12.8. The number of hydrogen-bond donors (Lipinski definition) is 2. The quantitative estimate of drug-likeness (QED) is 0.583. The first-order valence-corrected chi connectivity index (χ1v) is 10.9. The maximum atomic E-state index is 12.5. The number of hydrogen-bond acceptors (Lipinski definition) is 5. The highest BCUT2D eigenvalue weighted by molar-refractivity contribution is 5.87. The molecule has 152 valence electrons. The van der Waals surface area contributed by atoms with Crippen molar-refractivity contribution in [1.82, 2.24) is 5.32 Å². The Hall–Kier alpha value is -0.940. The van der Waals surface area contributed by atoms with Gasteiger partial charge in [-0.15, -0.1) is 0 Å². The van der Waals surface area contributed by atoms with Gasteiger partial charge in [-0.2, -0.15) is 0 Å². The van der Waals surface area contributed by atoms with Crippen molar-refractivity contribution in [3.63, 3.8) is 0 Å². The number of likely N-dealkylation sites (N-methyl/N-ethyl adjacent to an activating group) is 1. The lowest BCUT2D eigenvalue weighted by molar-refractivity contribution is -0.188. The zero-order valence-corrected chi connectivity index (χ0v) is 17.2. The topological polar surface area (TPSA) is 70.9 Å². The third-order valence-electron chi connectivity index (χ3n) is 8.99. The molecule has 0 saturated heterocycles. The number of oxime groups is 1. The SMILES string of the molecule is CNCCON=C1CC[C@]2(C)[C@H]3CC[C@]4(C)C(=O)CC[C@H]4[C@@H]3CC[C@@]2(O)C1. The number of Topliss-reactive ketones (excluding diaryl/α,β-unsaturated/α-hetero) is 1. The van der Waals surface area contributed by atoms with Gasteiger partial charge in [0.05, 0.1) is 11.3 Å². The van der Waals surface area contributed by atoms with Crippen LogP contribution in [0.4, 0.5) is 0 Å². The lowest BCUT2D eigenvalue weighted by Gasteiger charge is -2.62. The van der Waals surface area contributed by atoms with Gasteiger partial charge in [-0.25, -0.2) is 0 Å². The molecular formula is C22H36N2O3. The van der Waals surface area contributed by atoms with Crippen LogP contribution in [0.2, 0.25) is 0 Å². The Labute approximate surface area is 163 Å². The molecule has 4 rings (SSSR count). The fraction of sp³-hybridized carbons (Fsp3) is 0.909. The third-order valence-corrected chi connectivity index (χ3v) is 8.99. The molecule has 0 bridgehead atoms. The molecule has 0 aliphatic heterocycles. The summed E-state index contributed by atoms with van der Waals surface area (Å²) in [4.78, 5) is 18.0. The number of nitrogens with zero attached hydrogens (tertiary/aromatic N) is 1. The number of rotatable bonds is 4. The Morgan fingerprint density at radius 2 is 1.96 bits per heavy atom. The van der Waals surface area contributed by atoms with Crippen LogP contribution in [0.3, 0.4) is 0 Å². The van der Waals surface area contributed by atoms with Crippen LogP contribution in [0.5, 0.6) is 0 Å². The van der Waals surface area contributed by atoms with Crippen molar-refractivity contribution in [3.8, 4) is 0 Å². The van der Waals surface area contributed by atoms with Gasteiger partial charge in [0.15, 0.2) is 0 Å². The molecule has 5 nitrogen and oxygen atoms in total. The van der Waals surface area contributed by atoms with E-state index in [0.717, 1.165) is 63.6 Å². The summed E-state index contributed by atoms with van der Waals surface area (Å²) in [5.74, 6) is 2.16. The van der Waals surface area contributed by atoms with Crippen molar-refractivity contribution in [2.75, 3.05) is 20.2 Å². The highest BCUT2D eigenvalue weighted by Gasteiger charge is 2.64. The molecule has 4 aliphatic rings. The summed E-state index contributed by atoms with van der Waals surface area (Å²) in [6.07, 6.45) is 8.37. The zero-order valence-electron chi connectivity index (χ0n) is 17.2. The van der Waals surface area contributed by atoms with Crippen LogP contribution in [0.1, 0.15) is 71.6 Å². The summed E-state index contributed by atoms with van der Waals surface area (Å²) in [6.45, 7) is 5.89. The molecule has 27 heavy (non-hydrogen) atoms. The second-order valence-electron chi connectivity index (χ2n) is 10.1. The van der Waals surface area contributed by atoms with Gasteiger partial charge >= 0.3 is 0 Å². The minimum atomic E-state index is -0.673. The minimum absolute atomic E-state index is 0.0626. The van der Waals surface area contributed by atoms with Crippen LogP contribution in [-0.4, -0.2) is 42.4 Å². The molecule has 0 heterocycles. The van der Waals surface area contributed by atoms with Crippen LogP contribution >= 0.6 is 0 Å². The Kier molecular flexibility index (Phi) is 4.91. The Bertz CT molecular complexity index is 635. The molecule has 4 saturated carbocycles. The van der Waals surface area contributed by atoms with Crippen LogP contribution in [-0.2, 0) is 9.63 Å². The average molecular weight is 377 g/mol. The number of aliphatic hydroxyl groups is 1. The second-order valence-corrected chi connectivity index (χ2v) is 10.1. The molecule has 0 spiro atoms. The van der Waals surface area contributed by atoms with Crippen molar-refractivity contribution in [2.45, 2.75) is 77.2 Å². The van der Waals surface area contributed by atoms with E-state index in [-0.39, 0.29) is 10.8 Å². The van der Waals surface area contributed by atoms with Crippen molar-refractivity contribution in [3.05, 3.63) is 0 Å². The van der Waals surface area contributed by atoms with E-state index in [0.29, 0.717) is 36.6 Å². The van der Waals surface area contributed by atoms with Crippen LogP contribution in [0.15, 0.2) is 5.16 Å². The van der Waals surface area contributed by atoms with Gasteiger partial charge in [-0.1, -0.05) is 19.0 Å². The van der Waals surface area contributed by atoms with E-state index in [1.165, 1.54) is 0 Å². The first kappa shape index (κ1) is 19.4. The van der Waals surface area contributed by atoms with E-state index in [1.54, 1.807) is 0 Å².